The van der Waals surface area contributed by atoms with Gasteiger partial charge in [-0.25, -0.2) is 4.68 Å². The molecule has 0 bridgehead atoms. The van der Waals surface area contributed by atoms with Crippen LogP contribution in [0.4, 0.5) is 0 Å². The largest absolute Gasteiger partial charge is 0.303 e. The lowest BCUT2D eigenvalue weighted by Gasteiger charge is -2.06. The summed E-state index contributed by atoms with van der Waals surface area (Å²) in [4.78, 5) is 10.4. The van der Waals surface area contributed by atoms with Crippen LogP contribution in [0.2, 0.25) is 0 Å². The number of aryl methyl sites for hydroxylation is 1. The predicted molar refractivity (Wildman–Crippen MR) is 76.7 cm³/mol. The first-order valence-corrected chi connectivity index (χ1v) is 6.80. The second-order valence-corrected chi connectivity index (χ2v) is 5.02. The Balaban J connectivity index is 2.31. The molecular formula is C16H20N2O. The highest BCUT2D eigenvalue weighted by Gasteiger charge is 2.11. The number of carbonyl (C=O) groups excluding carboxylic acids is 1. The van der Waals surface area contributed by atoms with Crippen LogP contribution in [0, 0.1) is 0 Å². The normalized spacial score (nSPS) is 10.9. The van der Waals surface area contributed by atoms with Gasteiger partial charge in [-0.2, -0.15) is 5.10 Å². The molecule has 0 atom stereocenters. The lowest BCUT2D eigenvalue weighted by Crippen LogP contribution is -2.02. The number of nitrogens with zero attached hydrogens (tertiary/aromatic N) is 2. The van der Waals surface area contributed by atoms with Gasteiger partial charge >= 0.3 is 0 Å². The zero-order chi connectivity index (χ0) is 13.7. The van der Waals surface area contributed by atoms with E-state index < -0.39 is 0 Å². The number of para-hydroxylation sites is 1. The summed E-state index contributed by atoms with van der Waals surface area (Å²) in [6, 6.07) is 12.3. The van der Waals surface area contributed by atoms with Crippen molar-refractivity contribution in [3.63, 3.8) is 0 Å². The molecule has 0 spiro atoms. The summed E-state index contributed by atoms with van der Waals surface area (Å²) in [5.41, 5.74) is 3.36. The van der Waals surface area contributed by atoms with Crippen LogP contribution in [0.15, 0.2) is 36.4 Å². The van der Waals surface area contributed by atoms with E-state index in [1.165, 1.54) is 5.69 Å². The zero-order valence-corrected chi connectivity index (χ0v) is 11.5. The minimum atomic E-state index is 0.412. The lowest BCUT2D eigenvalue weighted by molar-refractivity contribution is -0.107. The molecule has 2 rings (SSSR count). The van der Waals surface area contributed by atoms with Crippen molar-refractivity contribution in [2.24, 2.45) is 0 Å². The molecule has 1 aromatic carbocycles. The molecule has 1 heterocycles. The fourth-order valence-electron chi connectivity index (χ4n) is 2.06. The molecule has 3 heteroatoms. The lowest BCUT2D eigenvalue weighted by atomic mass is 10.1. The molecule has 0 saturated carbocycles. The standard InChI is InChI=1S/C16H20N2O/c1-13(2)16-12-15(10-6-7-11-19)18(17-16)14-8-4-3-5-9-14/h3-5,8-9,11-13H,6-7,10H2,1-2H3. The topological polar surface area (TPSA) is 34.9 Å². The molecule has 3 nitrogen and oxygen atoms in total. The van der Waals surface area contributed by atoms with Crippen LogP contribution in [0.25, 0.3) is 5.69 Å². The number of carbonyl (C=O) groups is 1. The van der Waals surface area contributed by atoms with Gasteiger partial charge in [0.2, 0.25) is 0 Å². The van der Waals surface area contributed by atoms with Gasteiger partial charge in [-0.1, -0.05) is 32.0 Å². The highest BCUT2D eigenvalue weighted by atomic mass is 16.1. The van der Waals surface area contributed by atoms with E-state index >= 15 is 0 Å². The first-order chi connectivity index (χ1) is 9.22. The molecule has 0 aliphatic rings. The van der Waals surface area contributed by atoms with Crippen LogP contribution in [-0.4, -0.2) is 16.1 Å². The summed E-state index contributed by atoms with van der Waals surface area (Å²) in [7, 11) is 0. The molecule has 0 aliphatic heterocycles. The summed E-state index contributed by atoms with van der Waals surface area (Å²) in [6.45, 7) is 4.29. The highest BCUT2D eigenvalue weighted by molar-refractivity contribution is 5.49. The minimum Gasteiger partial charge on any atom is -0.303 e. The number of aldehydes is 1. The number of hydrogen-bond donors (Lipinski definition) is 0. The molecule has 0 saturated heterocycles. The number of unbranched alkanes of at least 4 members (excludes halogenated alkanes) is 1. The van der Waals surface area contributed by atoms with Gasteiger partial charge in [-0.15, -0.1) is 0 Å². The third-order valence-corrected chi connectivity index (χ3v) is 3.15. The number of aromatic nitrogens is 2. The van der Waals surface area contributed by atoms with Gasteiger partial charge < -0.3 is 4.79 Å². The maximum absolute atomic E-state index is 10.4. The van der Waals surface area contributed by atoms with Crippen LogP contribution in [-0.2, 0) is 11.2 Å². The van der Waals surface area contributed by atoms with Gasteiger partial charge in [-0.05, 0) is 37.0 Å². The molecule has 19 heavy (non-hydrogen) atoms. The molecule has 0 radical (unpaired) electrons. The second-order valence-electron chi connectivity index (χ2n) is 5.02. The molecule has 0 aliphatic carbocycles. The summed E-state index contributed by atoms with van der Waals surface area (Å²) in [5, 5.41) is 4.69. The van der Waals surface area contributed by atoms with E-state index in [1.807, 2.05) is 22.9 Å². The summed E-state index contributed by atoms with van der Waals surface area (Å²) < 4.78 is 2.00. The van der Waals surface area contributed by atoms with Crippen LogP contribution >= 0.6 is 0 Å². The van der Waals surface area contributed by atoms with Crippen molar-refractivity contribution >= 4 is 6.29 Å². The van der Waals surface area contributed by atoms with Gasteiger partial charge in [-0.3, -0.25) is 0 Å². The van der Waals surface area contributed by atoms with Crippen molar-refractivity contribution in [1.29, 1.82) is 0 Å². The third kappa shape index (κ3) is 3.31. The molecular weight excluding hydrogens is 236 g/mol. The second kappa shape index (κ2) is 6.32. The van der Waals surface area contributed by atoms with Crippen LogP contribution in [0.5, 0.6) is 0 Å². The van der Waals surface area contributed by atoms with Gasteiger partial charge in [0.25, 0.3) is 0 Å². The van der Waals surface area contributed by atoms with E-state index in [9.17, 15) is 4.79 Å². The molecule has 0 fully saturated rings. The van der Waals surface area contributed by atoms with Crippen LogP contribution in [0.3, 0.4) is 0 Å². The summed E-state index contributed by atoms with van der Waals surface area (Å²) in [6.07, 6.45) is 3.34. The van der Waals surface area contributed by atoms with E-state index in [4.69, 9.17) is 0 Å². The fourth-order valence-corrected chi connectivity index (χ4v) is 2.06. The van der Waals surface area contributed by atoms with Gasteiger partial charge in [0, 0.05) is 12.1 Å². The molecule has 2 aromatic rings. The Morgan fingerprint density at radius 1 is 1.26 bits per heavy atom. The van der Waals surface area contributed by atoms with Crippen molar-refractivity contribution in [3.8, 4) is 5.69 Å². The average Bonchev–Trinajstić information content (AvgIpc) is 2.84. The number of rotatable bonds is 6. The Morgan fingerprint density at radius 2 is 2.00 bits per heavy atom. The molecule has 100 valence electrons. The van der Waals surface area contributed by atoms with E-state index in [-0.39, 0.29) is 0 Å². The number of benzene rings is 1. The highest BCUT2D eigenvalue weighted by Crippen LogP contribution is 2.19. The molecule has 0 amide bonds. The van der Waals surface area contributed by atoms with Gasteiger partial charge in [0.05, 0.1) is 11.4 Å². The van der Waals surface area contributed by atoms with Crippen LogP contribution < -0.4 is 0 Å². The predicted octanol–water partition coefficient (Wildman–Crippen LogP) is 3.52. The van der Waals surface area contributed by atoms with Gasteiger partial charge in [0.1, 0.15) is 6.29 Å². The molecule has 1 aromatic heterocycles. The third-order valence-electron chi connectivity index (χ3n) is 3.15. The zero-order valence-electron chi connectivity index (χ0n) is 11.5. The molecule has 0 unspecified atom stereocenters. The van der Waals surface area contributed by atoms with E-state index in [0.29, 0.717) is 12.3 Å². The van der Waals surface area contributed by atoms with Gasteiger partial charge in [0.15, 0.2) is 0 Å². The quantitative estimate of drug-likeness (QED) is 0.585. The Labute approximate surface area is 114 Å². The number of hydrogen-bond acceptors (Lipinski definition) is 2. The van der Waals surface area contributed by atoms with Crippen molar-refractivity contribution in [2.75, 3.05) is 0 Å². The summed E-state index contributed by atoms with van der Waals surface area (Å²) >= 11 is 0. The summed E-state index contributed by atoms with van der Waals surface area (Å²) in [5.74, 6) is 0.412. The Hall–Kier alpha value is -1.90. The minimum absolute atomic E-state index is 0.412. The smallest absolute Gasteiger partial charge is 0.120 e. The fraction of sp³-hybridized carbons (Fsp3) is 0.375. The molecule has 0 N–H and O–H groups in total. The maximum Gasteiger partial charge on any atom is 0.120 e. The monoisotopic (exact) mass is 256 g/mol. The first-order valence-electron chi connectivity index (χ1n) is 6.80. The van der Waals surface area contributed by atoms with E-state index in [2.05, 4.69) is 37.1 Å². The Bertz CT molecular complexity index is 529. The van der Waals surface area contributed by atoms with Crippen molar-refractivity contribution < 1.29 is 4.79 Å². The van der Waals surface area contributed by atoms with Crippen molar-refractivity contribution in [2.45, 2.75) is 39.0 Å². The SMILES string of the molecule is CC(C)c1cc(CCCC=O)n(-c2ccccc2)n1. The van der Waals surface area contributed by atoms with Crippen molar-refractivity contribution in [1.82, 2.24) is 9.78 Å². The average molecular weight is 256 g/mol. The van der Waals surface area contributed by atoms with E-state index in [1.54, 1.807) is 0 Å². The maximum atomic E-state index is 10.4. The van der Waals surface area contributed by atoms with Crippen LogP contribution in [0.1, 0.15) is 44.0 Å². The van der Waals surface area contributed by atoms with Crippen molar-refractivity contribution in [3.05, 3.63) is 47.8 Å². The first kappa shape index (κ1) is 13.5. The Morgan fingerprint density at radius 3 is 2.63 bits per heavy atom. The Kier molecular flexibility index (Phi) is 4.50. The van der Waals surface area contributed by atoms with E-state index in [0.717, 1.165) is 30.5 Å².